The predicted octanol–water partition coefficient (Wildman–Crippen LogP) is 3.13. The summed E-state index contributed by atoms with van der Waals surface area (Å²) in [5, 5.41) is 10.4. The van der Waals surface area contributed by atoms with Crippen LogP contribution in [0.5, 0.6) is 0 Å². The average molecular weight is 394 g/mol. The number of H-pyrrole nitrogens is 1. The van der Waals surface area contributed by atoms with Gasteiger partial charge in [-0.2, -0.15) is 15.4 Å². The Hall–Kier alpha value is -3.16. The van der Waals surface area contributed by atoms with Gasteiger partial charge in [0.15, 0.2) is 0 Å². The summed E-state index contributed by atoms with van der Waals surface area (Å²) in [6, 6.07) is 8.22. The number of amides is 1. The number of aromatic amines is 1. The van der Waals surface area contributed by atoms with E-state index in [4.69, 9.17) is 0 Å². The Labute approximate surface area is 168 Å². The van der Waals surface area contributed by atoms with Crippen molar-refractivity contribution in [2.45, 2.75) is 38.0 Å². The van der Waals surface area contributed by atoms with Crippen LogP contribution in [0.2, 0.25) is 0 Å². The zero-order chi connectivity index (χ0) is 20.1. The van der Waals surface area contributed by atoms with E-state index in [1.165, 1.54) is 12.1 Å². The average Bonchev–Trinajstić information content (AvgIpc) is 3.27. The fourth-order valence-corrected chi connectivity index (χ4v) is 3.69. The van der Waals surface area contributed by atoms with Crippen LogP contribution in [-0.2, 0) is 11.2 Å². The molecule has 150 valence electrons. The van der Waals surface area contributed by atoms with E-state index >= 15 is 0 Å². The Kier molecular flexibility index (Phi) is 5.88. The molecule has 8 heteroatoms. The summed E-state index contributed by atoms with van der Waals surface area (Å²) in [5.41, 5.74) is 2.35. The molecule has 2 aromatic heterocycles. The molecule has 1 saturated heterocycles. The standard InChI is InChI=1S/C21H23FN6O/c22-17-4-1-3-16(13-17)19-7-10-23-21(25-19)15-8-11-28(12-9-15)20(29)6-2-5-18-14-24-27-26-18/h1,3-4,7,10,13-15H,2,5-6,8-9,11-12H2,(H,24,26,27). The molecular formula is C21H23FN6O. The number of benzene rings is 1. The monoisotopic (exact) mass is 394 g/mol. The highest BCUT2D eigenvalue weighted by atomic mass is 19.1. The lowest BCUT2D eigenvalue weighted by Gasteiger charge is -2.31. The Morgan fingerprint density at radius 2 is 2.10 bits per heavy atom. The maximum atomic E-state index is 13.5. The molecule has 3 heterocycles. The van der Waals surface area contributed by atoms with Crippen LogP contribution in [0.3, 0.4) is 0 Å². The van der Waals surface area contributed by atoms with Crippen LogP contribution >= 0.6 is 0 Å². The Morgan fingerprint density at radius 3 is 2.86 bits per heavy atom. The van der Waals surface area contributed by atoms with Crippen molar-refractivity contribution < 1.29 is 9.18 Å². The quantitative estimate of drug-likeness (QED) is 0.694. The maximum Gasteiger partial charge on any atom is 0.222 e. The van der Waals surface area contributed by atoms with Gasteiger partial charge in [-0.25, -0.2) is 14.4 Å². The summed E-state index contributed by atoms with van der Waals surface area (Å²) in [6.45, 7) is 1.42. The van der Waals surface area contributed by atoms with Crippen LogP contribution in [0.1, 0.15) is 43.1 Å². The third kappa shape index (κ3) is 4.82. The summed E-state index contributed by atoms with van der Waals surface area (Å²) in [6.07, 6.45) is 7.12. The van der Waals surface area contributed by atoms with E-state index in [2.05, 4.69) is 25.4 Å². The van der Waals surface area contributed by atoms with Gasteiger partial charge >= 0.3 is 0 Å². The van der Waals surface area contributed by atoms with Crippen LogP contribution in [0, 0.1) is 5.82 Å². The first-order valence-electron chi connectivity index (χ1n) is 9.90. The molecule has 4 rings (SSSR count). The summed E-state index contributed by atoms with van der Waals surface area (Å²) in [4.78, 5) is 23.5. The molecule has 1 fully saturated rings. The maximum absolute atomic E-state index is 13.5. The minimum absolute atomic E-state index is 0.182. The first-order chi connectivity index (χ1) is 14.2. The largest absolute Gasteiger partial charge is 0.343 e. The number of rotatable bonds is 6. The van der Waals surface area contributed by atoms with Crippen molar-refractivity contribution in [1.82, 2.24) is 30.3 Å². The summed E-state index contributed by atoms with van der Waals surface area (Å²) >= 11 is 0. The van der Waals surface area contributed by atoms with Gasteiger partial charge < -0.3 is 4.90 Å². The van der Waals surface area contributed by atoms with Crippen molar-refractivity contribution >= 4 is 5.91 Å². The molecule has 0 unspecified atom stereocenters. The molecule has 0 atom stereocenters. The molecule has 0 saturated carbocycles. The Balaban J connectivity index is 1.31. The smallest absolute Gasteiger partial charge is 0.222 e. The molecule has 1 N–H and O–H groups in total. The van der Waals surface area contributed by atoms with Gasteiger partial charge in [0.2, 0.25) is 5.91 Å². The van der Waals surface area contributed by atoms with E-state index in [9.17, 15) is 9.18 Å². The molecule has 0 bridgehead atoms. The molecule has 1 aliphatic rings. The van der Waals surface area contributed by atoms with Crippen LogP contribution in [0.25, 0.3) is 11.3 Å². The second-order valence-corrected chi connectivity index (χ2v) is 7.28. The van der Waals surface area contributed by atoms with Crippen molar-refractivity contribution in [2.75, 3.05) is 13.1 Å². The molecule has 3 aromatic rings. The van der Waals surface area contributed by atoms with Crippen molar-refractivity contribution in [3.05, 3.63) is 60.1 Å². The third-order valence-corrected chi connectivity index (χ3v) is 5.30. The zero-order valence-electron chi connectivity index (χ0n) is 16.1. The first kappa shape index (κ1) is 19.2. The number of nitrogens with one attached hydrogen (secondary N) is 1. The number of hydrogen-bond donors (Lipinski definition) is 1. The van der Waals surface area contributed by atoms with E-state index in [1.807, 2.05) is 11.0 Å². The summed E-state index contributed by atoms with van der Waals surface area (Å²) in [7, 11) is 0. The number of carbonyl (C=O) groups excluding carboxylic acids is 1. The number of nitrogens with zero attached hydrogens (tertiary/aromatic N) is 5. The zero-order valence-corrected chi connectivity index (χ0v) is 16.1. The number of hydrogen-bond acceptors (Lipinski definition) is 5. The van der Waals surface area contributed by atoms with Crippen molar-refractivity contribution in [3.63, 3.8) is 0 Å². The molecule has 7 nitrogen and oxygen atoms in total. The number of likely N-dealkylation sites (tertiary alicyclic amines) is 1. The van der Waals surface area contributed by atoms with E-state index in [0.717, 1.165) is 48.5 Å². The fourth-order valence-electron chi connectivity index (χ4n) is 3.69. The second-order valence-electron chi connectivity index (χ2n) is 7.28. The number of aromatic nitrogens is 5. The van der Waals surface area contributed by atoms with Crippen molar-refractivity contribution in [2.24, 2.45) is 0 Å². The van der Waals surface area contributed by atoms with Gasteiger partial charge in [0.05, 0.1) is 17.6 Å². The molecule has 0 radical (unpaired) electrons. The number of carbonyl (C=O) groups is 1. The van der Waals surface area contributed by atoms with Crippen LogP contribution < -0.4 is 0 Å². The fraction of sp³-hybridized carbons (Fsp3) is 0.381. The lowest BCUT2D eigenvalue weighted by molar-refractivity contribution is -0.132. The van der Waals surface area contributed by atoms with Gasteiger partial charge in [-0.1, -0.05) is 12.1 Å². The highest BCUT2D eigenvalue weighted by Gasteiger charge is 2.25. The SMILES string of the molecule is O=C(CCCc1cn[nH]n1)N1CCC(c2nccc(-c3cccc(F)c3)n2)CC1. The third-order valence-electron chi connectivity index (χ3n) is 5.30. The molecular weight excluding hydrogens is 371 g/mol. The number of aryl methyl sites for hydroxylation is 1. The number of piperidine rings is 1. The predicted molar refractivity (Wildman–Crippen MR) is 105 cm³/mol. The lowest BCUT2D eigenvalue weighted by Crippen LogP contribution is -2.38. The Bertz CT molecular complexity index is 953. The van der Waals surface area contributed by atoms with Crippen molar-refractivity contribution in [3.8, 4) is 11.3 Å². The van der Waals surface area contributed by atoms with E-state index in [0.29, 0.717) is 19.5 Å². The van der Waals surface area contributed by atoms with E-state index in [1.54, 1.807) is 24.5 Å². The molecule has 29 heavy (non-hydrogen) atoms. The minimum atomic E-state index is -0.280. The van der Waals surface area contributed by atoms with Crippen LogP contribution in [-0.4, -0.2) is 49.3 Å². The van der Waals surface area contributed by atoms with E-state index in [-0.39, 0.29) is 17.6 Å². The molecule has 0 spiro atoms. The summed E-state index contributed by atoms with van der Waals surface area (Å²) < 4.78 is 13.5. The minimum Gasteiger partial charge on any atom is -0.343 e. The molecule has 1 aromatic carbocycles. The van der Waals surface area contributed by atoms with Gasteiger partial charge in [0.25, 0.3) is 0 Å². The topological polar surface area (TPSA) is 87.7 Å². The van der Waals surface area contributed by atoms with Crippen molar-refractivity contribution in [1.29, 1.82) is 0 Å². The molecule has 1 amide bonds. The second kappa shape index (κ2) is 8.89. The van der Waals surface area contributed by atoms with Gasteiger partial charge in [0, 0.05) is 37.2 Å². The highest BCUT2D eigenvalue weighted by Crippen LogP contribution is 2.27. The number of halogens is 1. The normalized spacial score (nSPS) is 14.9. The first-order valence-corrected chi connectivity index (χ1v) is 9.90. The van der Waals surface area contributed by atoms with Gasteiger partial charge in [0.1, 0.15) is 11.6 Å². The Morgan fingerprint density at radius 1 is 1.24 bits per heavy atom. The van der Waals surface area contributed by atoms with Gasteiger partial charge in [-0.15, -0.1) is 0 Å². The van der Waals surface area contributed by atoms with Crippen LogP contribution in [0.4, 0.5) is 4.39 Å². The lowest BCUT2D eigenvalue weighted by atomic mass is 9.95. The molecule has 1 aliphatic heterocycles. The van der Waals surface area contributed by atoms with Crippen LogP contribution in [0.15, 0.2) is 42.7 Å². The molecule has 0 aliphatic carbocycles. The van der Waals surface area contributed by atoms with E-state index < -0.39 is 0 Å². The van der Waals surface area contributed by atoms with Gasteiger partial charge in [-0.3, -0.25) is 4.79 Å². The van der Waals surface area contributed by atoms with Gasteiger partial charge in [-0.05, 0) is 43.9 Å². The highest BCUT2D eigenvalue weighted by molar-refractivity contribution is 5.76. The summed E-state index contributed by atoms with van der Waals surface area (Å²) in [5.74, 6) is 0.881.